The molecule has 0 atom stereocenters. The second kappa shape index (κ2) is 8.79. The summed E-state index contributed by atoms with van der Waals surface area (Å²) in [6.45, 7) is 2.86. The third-order valence-corrected chi connectivity index (χ3v) is 4.60. The SMILES string of the molecule is Cc1cccc(=O)n1CCC(=O)NCCSc1ccc(Cl)cc1. The minimum atomic E-state index is -0.0731. The van der Waals surface area contributed by atoms with Crippen LogP contribution in [0.25, 0.3) is 0 Å². The molecule has 0 saturated heterocycles. The number of halogens is 1. The van der Waals surface area contributed by atoms with Crippen LogP contribution >= 0.6 is 23.4 Å². The van der Waals surface area contributed by atoms with Gasteiger partial charge < -0.3 is 9.88 Å². The second-order valence-corrected chi connectivity index (χ2v) is 6.66. The molecule has 4 nitrogen and oxygen atoms in total. The number of pyridine rings is 1. The zero-order valence-corrected chi connectivity index (χ0v) is 14.5. The molecule has 122 valence electrons. The number of nitrogens with zero attached hydrogens (tertiary/aromatic N) is 1. The molecule has 0 bridgehead atoms. The van der Waals surface area contributed by atoms with Crippen LogP contribution in [0.5, 0.6) is 0 Å². The summed E-state index contributed by atoms with van der Waals surface area (Å²) >= 11 is 7.49. The van der Waals surface area contributed by atoms with Crippen molar-refractivity contribution in [2.75, 3.05) is 12.3 Å². The molecule has 23 heavy (non-hydrogen) atoms. The van der Waals surface area contributed by atoms with Crippen molar-refractivity contribution in [3.8, 4) is 0 Å². The summed E-state index contributed by atoms with van der Waals surface area (Å²) in [5, 5.41) is 3.59. The first-order valence-electron chi connectivity index (χ1n) is 7.38. The Kier molecular flexibility index (Phi) is 6.74. The van der Waals surface area contributed by atoms with Crippen molar-refractivity contribution >= 4 is 29.3 Å². The molecular weight excluding hydrogens is 332 g/mol. The second-order valence-electron chi connectivity index (χ2n) is 5.06. The maximum atomic E-state index is 11.8. The van der Waals surface area contributed by atoms with Crippen LogP contribution < -0.4 is 10.9 Å². The lowest BCUT2D eigenvalue weighted by atomic mass is 10.3. The summed E-state index contributed by atoms with van der Waals surface area (Å²) in [5.41, 5.74) is 0.791. The topological polar surface area (TPSA) is 51.1 Å². The molecule has 0 spiro atoms. The van der Waals surface area contributed by atoms with Gasteiger partial charge in [0.15, 0.2) is 0 Å². The molecule has 0 radical (unpaired) electrons. The third-order valence-electron chi connectivity index (χ3n) is 3.34. The van der Waals surface area contributed by atoms with Gasteiger partial charge in [-0.1, -0.05) is 17.7 Å². The lowest BCUT2D eigenvalue weighted by molar-refractivity contribution is -0.121. The molecule has 2 aromatic rings. The van der Waals surface area contributed by atoms with E-state index < -0.39 is 0 Å². The van der Waals surface area contributed by atoms with Crippen LogP contribution in [-0.2, 0) is 11.3 Å². The van der Waals surface area contributed by atoms with Crippen molar-refractivity contribution in [1.82, 2.24) is 9.88 Å². The number of nitrogens with one attached hydrogen (secondary N) is 1. The number of benzene rings is 1. The van der Waals surface area contributed by atoms with Crippen molar-refractivity contribution in [2.45, 2.75) is 24.8 Å². The summed E-state index contributed by atoms with van der Waals surface area (Å²) in [6, 6.07) is 12.7. The number of aryl methyl sites for hydroxylation is 1. The highest BCUT2D eigenvalue weighted by Gasteiger charge is 2.04. The Morgan fingerprint density at radius 2 is 1.96 bits per heavy atom. The normalized spacial score (nSPS) is 10.5. The Labute approximate surface area is 144 Å². The van der Waals surface area contributed by atoms with Gasteiger partial charge in [-0.05, 0) is 37.3 Å². The van der Waals surface area contributed by atoms with Crippen LogP contribution in [0.4, 0.5) is 0 Å². The van der Waals surface area contributed by atoms with E-state index in [1.54, 1.807) is 22.4 Å². The van der Waals surface area contributed by atoms with Crippen LogP contribution in [0, 0.1) is 6.92 Å². The van der Waals surface area contributed by atoms with Crippen LogP contribution in [0.15, 0.2) is 52.2 Å². The van der Waals surface area contributed by atoms with E-state index in [2.05, 4.69) is 5.32 Å². The molecule has 1 N–H and O–H groups in total. The summed E-state index contributed by atoms with van der Waals surface area (Å²) in [5.74, 6) is 0.745. The standard InChI is InChI=1S/C17H19ClN2O2S/c1-13-3-2-4-17(22)20(13)11-9-16(21)19-10-12-23-15-7-5-14(18)6-8-15/h2-8H,9-12H2,1H3,(H,19,21). The Morgan fingerprint density at radius 3 is 2.65 bits per heavy atom. The Morgan fingerprint density at radius 1 is 1.22 bits per heavy atom. The van der Waals surface area contributed by atoms with E-state index in [1.807, 2.05) is 37.3 Å². The molecule has 0 saturated carbocycles. The Bertz CT molecular complexity index is 713. The summed E-state index contributed by atoms with van der Waals surface area (Å²) in [4.78, 5) is 24.7. The molecule has 0 aliphatic carbocycles. The fourth-order valence-corrected chi connectivity index (χ4v) is 3.00. The lowest BCUT2D eigenvalue weighted by Gasteiger charge is -2.09. The average molecular weight is 351 g/mol. The van der Waals surface area contributed by atoms with E-state index in [0.717, 1.165) is 16.3 Å². The number of carbonyl (C=O) groups is 1. The van der Waals surface area contributed by atoms with Gasteiger partial charge in [-0.2, -0.15) is 0 Å². The highest BCUT2D eigenvalue weighted by atomic mass is 35.5. The summed E-state index contributed by atoms with van der Waals surface area (Å²) in [6.07, 6.45) is 0.302. The van der Waals surface area contributed by atoms with E-state index in [4.69, 9.17) is 11.6 Å². The maximum absolute atomic E-state index is 11.8. The predicted octanol–water partition coefficient (Wildman–Crippen LogP) is 3.11. The van der Waals surface area contributed by atoms with Gasteiger partial charge in [-0.3, -0.25) is 9.59 Å². The molecule has 1 aromatic carbocycles. The highest BCUT2D eigenvalue weighted by Crippen LogP contribution is 2.19. The largest absolute Gasteiger partial charge is 0.355 e. The summed E-state index contributed by atoms with van der Waals surface area (Å²) in [7, 11) is 0. The van der Waals surface area contributed by atoms with E-state index in [1.165, 1.54) is 6.07 Å². The third kappa shape index (κ3) is 5.77. The number of hydrogen-bond acceptors (Lipinski definition) is 3. The van der Waals surface area contributed by atoms with Crippen molar-refractivity contribution in [3.63, 3.8) is 0 Å². The minimum absolute atomic E-state index is 0.0446. The van der Waals surface area contributed by atoms with Crippen LogP contribution in [0.3, 0.4) is 0 Å². The number of amides is 1. The monoisotopic (exact) mass is 350 g/mol. The zero-order valence-electron chi connectivity index (χ0n) is 12.9. The van der Waals surface area contributed by atoms with Gasteiger partial charge in [-0.25, -0.2) is 0 Å². The van der Waals surface area contributed by atoms with E-state index in [0.29, 0.717) is 24.5 Å². The van der Waals surface area contributed by atoms with E-state index >= 15 is 0 Å². The molecule has 1 heterocycles. The van der Waals surface area contributed by atoms with Gasteiger partial charge in [0, 0.05) is 46.9 Å². The number of hydrogen-bond donors (Lipinski definition) is 1. The smallest absolute Gasteiger partial charge is 0.250 e. The fraction of sp³-hybridized carbons (Fsp3) is 0.294. The minimum Gasteiger partial charge on any atom is -0.355 e. The van der Waals surface area contributed by atoms with Gasteiger partial charge in [0.25, 0.3) is 5.56 Å². The molecule has 0 aliphatic heterocycles. The fourth-order valence-electron chi connectivity index (χ4n) is 2.10. The molecule has 2 rings (SSSR count). The first kappa shape index (κ1) is 17.6. The van der Waals surface area contributed by atoms with Crippen LogP contribution in [0.1, 0.15) is 12.1 Å². The summed E-state index contributed by atoms with van der Waals surface area (Å²) < 4.78 is 1.61. The molecule has 0 aliphatic rings. The molecular formula is C17H19ClN2O2S. The van der Waals surface area contributed by atoms with Crippen molar-refractivity contribution in [2.24, 2.45) is 0 Å². The molecule has 6 heteroatoms. The number of rotatable bonds is 7. The quantitative estimate of drug-likeness (QED) is 0.616. The van der Waals surface area contributed by atoms with Gasteiger partial charge in [-0.15, -0.1) is 11.8 Å². The van der Waals surface area contributed by atoms with Gasteiger partial charge in [0.2, 0.25) is 5.91 Å². The first-order valence-corrected chi connectivity index (χ1v) is 8.74. The maximum Gasteiger partial charge on any atom is 0.250 e. The van der Waals surface area contributed by atoms with Crippen molar-refractivity contribution in [3.05, 3.63) is 63.5 Å². The number of carbonyl (C=O) groups excluding carboxylic acids is 1. The van der Waals surface area contributed by atoms with Crippen molar-refractivity contribution in [1.29, 1.82) is 0 Å². The predicted molar refractivity (Wildman–Crippen MR) is 95.2 cm³/mol. The Balaban J connectivity index is 1.69. The van der Waals surface area contributed by atoms with E-state index in [-0.39, 0.29) is 11.5 Å². The van der Waals surface area contributed by atoms with Gasteiger partial charge in [0.05, 0.1) is 0 Å². The average Bonchev–Trinajstić information content (AvgIpc) is 2.53. The first-order chi connectivity index (χ1) is 11.1. The van der Waals surface area contributed by atoms with Crippen LogP contribution in [0.2, 0.25) is 5.02 Å². The van der Waals surface area contributed by atoms with Crippen molar-refractivity contribution < 1.29 is 4.79 Å². The molecule has 0 unspecified atom stereocenters. The number of thioether (sulfide) groups is 1. The molecule has 1 aromatic heterocycles. The van der Waals surface area contributed by atoms with Gasteiger partial charge in [0.1, 0.15) is 0 Å². The Hall–Kier alpha value is -1.72. The van der Waals surface area contributed by atoms with Gasteiger partial charge >= 0.3 is 0 Å². The highest BCUT2D eigenvalue weighted by molar-refractivity contribution is 7.99. The lowest BCUT2D eigenvalue weighted by Crippen LogP contribution is -2.29. The number of aromatic nitrogens is 1. The van der Waals surface area contributed by atoms with Crippen LogP contribution in [-0.4, -0.2) is 22.8 Å². The van der Waals surface area contributed by atoms with E-state index in [9.17, 15) is 9.59 Å². The molecule has 0 fully saturated rings. The molecule has 1 amide bonds. The zero-order chi connectivity index (χ0) is 16.7.